The van der Waals surface area contributed by atoms with Gasteiger partial charge in [0.2, 0.25) is 0 Å². The molecule has 0 saturated heterocycles. The molecule has 120 valence electrons. The minimum Gasteiger partial charge on any atom is -0.387 e. The Hall–Kier alpha value is -1.78. The summed E-state index contributed by atoms with van der Waals surface area (Å²) in [5.41, 5.74) is 2.20. The number of Topliss-reactive ketones (excluding diaryl/α,β-unsaturated/α-hetero) is 1. The van der Waals surface area contributed by atoms with Crippen LogP contribution in [0.1, 0.15) is 48.1 Å². The summed E-state index contributed by atoms with van der Waals surface area (Å²) in [6, 6.07) is 7.87. The SMILES string of the molecule is O=C(CCc1ccc(F)cc1Cl)[C@@H]1CC[C@@H](O)c2ncccc21. The number of carbonyl (C=O) groups is 1. The number of rotatable bonds is 4. The van der Waals surface area contributed by atoms with Crippen molar-refractivity contribution >= 4 is 17.4 Å². The fraction of sp³-hybridized carbons (Fsp3) is 0.333. The maximum Gasteiger partial charge on any atom is 0.140 e. The van der Waals surface area contributed by atoms with Gasteiger partial charge in [0.25, 0.3) is 0 Å². The normalized spacial score (nSPS) is 20.1. The summed E-state index contributed by atoms with van der Waals surface area (Å²) in [4.78, 5) is 16.8. The van der Waals surface area contributed by atoms with E-state index in [4.69, 9.17) is 11.6 Å². The molecular weight excluding hydrogens is 317 g/mol. The topological polar surface area (TPSA) is 50.2 Å². The predicted octanol–water partition coefficient (Wildman–Crippen LogP) is 3.99. The number of benzene rings is 1. The number of hydrogen-bond acceptors (Lipinski definition) is 3. The molecule has 0 aliphatic heterocycles. The third kappa shape index (κ3) is 3.43. The zero-order valence-electron chi connectivity index (χ0n) is 12.5. The Bertz CT molecular complexity index is 735. The molecule has 1 aliphatic carbocycles. The zero-order valence-corrected chi connectivity index (χ0v) is 13.3. The van der Waals surface area contributed by atoms with Crippen LogP contribution in [0.25, 0.3) is 0 Å². The van der Waals surface area contributed by atoms with Gasteiger partial charge in [-0.1, -0.05) is 23.7 Å². The number of pyridine rings is 1. The summed E-state index contributed by atoms with van der Waals surface area (Å²) in [7, 11) is 0. The standard InChI is InChI=1S/C18H17ClFNO2/c19-15-10-12(20)5-3-11(15)4-7-16(22)13-6-8-17(23)18-14(13)2-1-9-21-18/h1-3,5,9-10,13,17,23H,4,6-8H2/t13-,17-/m1/s1. The molecule has 0 saturated carbocycles. The van der Waals surface area contributed by atoms with Crippen LogP contribution in [-0.4, -0.2) is 15.9 Å². The van der Waals surface area contributed by atoms with Gasteiger partial charge in [0.05, 0.1) is 11.8 Å². The second-order valence-electron chi connectivity index (χ2n) is 5.83. The number of aliphatic hydroxyl groups excluding tert-OH is 1. The molecule has 0 fully saturated rings. The third-order valence-electron chi connectivity index (χ3n) is 4.34. The number of fused-ring (bicyclic) bond motifs is 1. The average Bonchev–Trinajstić information content (AvgIpc) is 2.54. The molecule has 1 aromatic heterocycles. The summed E-state index contributed by atoms with van der Waals surface area (Å²) in [5, 5.41) is 10.4. The smallest absolute Gasteiger partial charge is 0.140 e. The van der Waals surface area contributed by atoms with Gasteiger partial charge < -0.3 is 5.11 Å². The van der Waals surface area contributed by atoms with E-state index in [1.807, 2.05) is 6.07 Å². The van der Waals surface area contributed by atoms with Gasteiger partial charge in [-0.3, -0.25) is 9.78 Å². The Balaban J connectivity index is 1.73. The second kappa shape index (κ2) is 6.77. The lowest BCUT2D eigenvalue weighted by Gasteiger charge is -2.27. The largest absolute Gasteiger partial charge is 0.387 e. The van der Waals surface area contributed by atoms with Gasteiger partial charge in [0, 0.05) is 23.6 Å². The molecule has 3 nitrogen and oxygen atoms in total. The zero-order chi connectivity index (χ0) is 16.4. The molecule has 2 aromatic rings. The Kier molecular flexibility index (Phi) is 4.74. The van der Waals surface area contributed by atoms with Gasteiger partial charge in [-0.05, 0) is 48.6 Å². The van der Waals surface area contributed by atoms with E-state index in [0.717, 1.165) is 11.1 Å². The molecule has 3 rings (SSSR count). The minimum absolute atomic E-state index is 0.103. The Morgan fingerprint density at radius 3 is 2.96 bits per heavy atom. The first-order chi connectivity index (χ1) is 11.1. The average molecular weight is 334 g/mol. The van der Waals surface area contributed by atoms with Crippen molar-refractivity contribution in [2.45, 2.75) is 37.7 Å². The minimum atomic E-state index is -0.596. The number of aryl methyl sites for hydroxylation is 1. The summed E-state index contributed by atoms with van der Waals surface area (Å²) in [6.07, 6.45) is 3.01. The van der Waals surface area contributed by atoms with Crippen molar-refractivity contribution in [3.05, 3.63) is 64.2 Å². The van der Waals surface area contributed by atoms with E-state index < -0.39 is 6.10 Å². The molecule has 1 aromatic carbocycles. The Morgan fingerprint density at radius 1 is 1.35 bits per heavy atom. The molecule has 0 radical (unpaired) electrons. The monoisotopic (exact) mass is 333 g/mol. The van der Waals surface area contributed by atoms with E-state index in [2.05, 4.69) is 4.98 Å². The van der Waals surface area contributed by atoms with E-state index in [9.17, 15) is 14.3 Å². The van der Waals surface area contributed by atoms with Crippen molar-refractivity contribution in [1.29, 1.82) is 0 Å². The van der Waals surface area contributed by atoms with Crippen LogP contribution in [0.15, 0.2) is 36.5 Å². The first kappa shape index (κ1) is 16.1. The molecule has 0 bridgehead atoms. The Morgan fingerprint density at radius 2 is 2.17 bits per heavy atom. The highest BCUT2D eigenvalue weighted by atomic mass is 35.5. The van der Waals surface area contributed by atoms with Crippen molar-refractivity contribution in [3.63, 3.8) is 0 Å². The molecular formula is C18H17ClFNO2. The maximum absolute atomic E-state index is 13.1. The quantitative estimate of drug-likeness (QED) is 0.920. The van der Waals surface area contributed by atoms with Crippen LogP contribution in [-0.2, 0) is 11.2 Å². The van der Waals surface area contributed by atoms with Gasteiger partial charge in [-0.15, -0.1) is 0 Å². The highest BCUT2D eigenvalue weighted by molar-refractivity contribution is 6.31. The van der Waals surface area contributed by atoms with Gasteiger partial charge >= 0.3 is 0 Å². The number of nitrogens with zero attached hydrogens (tertiary/aromatic N) is 1. The van der Waals surface area contributed by atoms with Gasteiger partial charge in [-0.2, -0.15) is 0 Å². The van der Waals surface area contributed by atoms with Crippen molar-refractivity contribution in [3.8, 4) is 0 Å². The molecule has 0 amide bonds. The highest BCUT2D eigenvalue weighted by Gasteiger charge is 2.31. The maximum atomic E-state index is 13.1. The molecule has 0 spiro atoms. The van der Waals surface area contributed by atoms with E-state index in [-0.39, 0.29) is 17.5 Å². The molecule has 23 heavy (non-hydrogen) atoms. The molecule has 5 heteroatoms. The molecule has 1 heterocycles. The number of halogens is 2. The number of hydrogen-bond donors (Lipinski definition) is 1. The lowest BCUT2D eigenvalue weighted by atomic mass is 9.80. The van der Waals surface area contributed by atoms with Crippen LogP contribution in [0.3, 0.4) is 0 Å². The summed E-state index contributed by atoms with van der Waals surface area (Å²) in [5.74, 6) is -0.515. The van der Waals surface area contributed by atoms with Crippen molar-refractivity contribution in [2.24, 2.45) is 0 Å². The van der Waals surface area contributed by atoms with E-state index >= 15 is 0 Å². The van der Waals surface area contributed by atoms with E-state index in [1.165, 1.54) is 12.1 Å². The summed E-state index contributed by atoms with van der Waals surface area (Å²) in [6.45, 7) is 0. The molecule has 1 N–H and O–H groups in total. The number of aliphatic hydroxyl groups is 1. The molecule has 1 aliphatic rings. The second-order valence-corrected chi connectivity index (χ2v) is 6.23. The van der Waals surface area contributed by atoms with Crippen molar-refractivity contribution in [1.82, 2.24) is 4.98 Å². The fourth-order valence-corrected chi connectivity index (χ4v) is 3.37. The molecule has 0 unspecified atom stereocenters. The van der Waals surface area contributed by atoms with Crippen LogP contribution in [0.4, 0.5) is 4.39 Å². The number of aromatic nitrogens is 1. The lowest BCUT2D eigenvalue weighted by Crippen LogP contribution is -2.22. The van der Waals surface area contributed by atoms with Gasteiger partial charge in [0.1, 0.15) is 11.6 Å². The predicted molar refractivity (Wildman–Crippen MR) is 85.9 cm³/mol. The van der Waals surface area contributed by atoms with Crippen LogP contribution in [0, 0.1) is 5.82 Å². The third-order valence-corrected chi connectivity index (χ3v) is 4.69. The highest BCUT2D eigenvalue weighted by Crippen LogP contribution is 2.37. The number of carbonyl (C=O) groups excluding carboxylic acids is 1. The lowest BCUT2D eigenvalue weighted by molar-refractivity contribution is -0.121. The van der Waals surface area contributed by atoms with E-state index in [0.29, 0.717) is 36.4 Å². The van der Waals surface area contributed by atoms with Gasteiger partial charge in [-0.25, -0.2) is 4.39 Å². The van der Waals surface area contributed by atoms with Crippen LogP contribution in [0.2, 0.25) is 5.02 Å². The van der Waals surface area contributed by atoms with E-state index in [1.54, 1.807) is 18.3 Å². The van der Waals surface area contributed by atoms with Crippen LogP contribution in [0.5, 0.6) is 0 Å². The first-order valence-corrected chi connectivity index (χ1v) is 8.03. The van der Waals surface area contributed by atoms with Crippen LogP contribution < -0.4 is 0 Å². The first-order valence-electron chi connectivity index (χ1n) is 7.66. The summed E-state index contributed by atoms with van der Waals surface area (Å²) >= 11 is 6.00. The number of ketones is 1. The Labute approximate surface area is 139 Å². The van der Waals surface area contributed by atoms with Crippen molar-refractivity contribution < 1.29 is 14.3 Å². The van der Waals surface area contributed by atoms with Crippen molar-refractivity contribution in [2.75, 3.05) is 0 Å². The van der Waals surface area contributed by atoms with Crippen LogP contribution >= 0.6 is 11.6 Å². The fourth-order valence-electron chi connectivity index (χ4n) is 3.11. The molecule has 2 atom stereocenters. The summed E-state index contributed by atoms with van der Waals surface area (Å²) < 4.78 is 13.1. The van der Waals surface area contributed by atoms with Gasteiger partial charge in [0.15, 0.2) is 0 Å².